The van der Waals surface area contributed by atoms with E-state index in [0.29, 0.717) is 12.2 Å². The molecule has 2 aromatic rings. The lowest BCUT2D eigenvalue weighted by Crippen LogP contribution is -2.26. The highest BCUT2D eigenvalue weighted by atomic mass is 32.2. The van der Waals surface area contributed by atoms with Gasteiger partial charge >= 0.3 is 0 Å². The van der Waals surface area contributed by atoms with Crippen LogP contribution in [0.2, 0.25) is 0 Å². The van der Waals surface area contributed by atoms with Crippen LogP contribution in [-0.2, 0) is 16.4 Å². The lowest BCUT2D eigenvalue weighted by molar-refractivity contribution is 0.580. The Kier molecular flexibility index (Phi) is 3.45. The predicted molar refractivity (Wildman–Crippen MR) is 59.5 cm³/mol. The van der Waals surface area contributed by atoms with Crippen molar-refractivity contribution in [1.29, 1.82) is 0 Å². The van der Waals surface area contributed by atoms with Crippen LogP contribution in [0.4, 0.5) is 0 Å². The van der Waals surface area contributed by atoms with E-state index in [1.54, 1.807) is 6.07 Å². The molecule has 0 aliphatic heterocycles. The van der Waals surface area contributed by atoms with Gasteiger partial charge in [0.2, 0.25) is 10.0 Å². The van der Waals surface area contributed by atoms with E-state index in [4.69, 9.17) is 0 Å². The summed E-state index contributed by atoms with van der Waals surface area (Å²) in [6.45, 7) is 0.256. The van der Waals surface area contributed by atoms with Crippen LogP contribution in [0.1, 0.15) is 5.82 Å². The van der Waals surface area contributed by atoms with Gasteiger partial charge in [-0.1, -0.05) is 0 Å². The first-order valence-corrected chi connectivity index (χ1v) is 6.41. The molecule has 0 amide bonds. The zero-order chi connectivity index (χ0) is 12.1. The number of sulfonamides is 1. The first-order chi connectivity index (χ1) is 8.18. The van der Waals surface area contributed by atoms with Crippen molar-refractivity contribution in [2.75, 3.05) is 6.54 Å². The molecule has 0 bridgehead atoms. The summed E-state index contributed by atoms with van der Waals surface area (Å²) in [6, 6.07) is 3.06. The lowest BCUT2D eigenvalue weighted by atomic mass is 10.4. The number of pyridine rings is 1. The number of aromatic amines is 1. The number of nitrogens with one attached hydrogen (secondary N) is 2. The molecule has 0 unspecified atom stereocenters. The van der Waals surface area contributed by atoms with Crippen molar-refractivity contribution in [3.8, 4) is 0 Å². The summed E-state index contributed by atoms with van der Waals surface area (Å²) in [5.41, 5.74) is 0. The van der Waals surface area contributed by atoms with Crippen LogP contribution in [0.5, 0.6) is 0 Å². The van der Waals surface area contributed by atoms with Gasteiger partial charge in [-0.15, -0.1) is 0 Å². The largest absolute Gasteiger partial charge is 0.263 e. The monoisotopic (exact) mass is 253 g/mol. The highest BCUT2D eigenvalue weighted by molar-refractivity contribution is 7.89. The van der Waals surface area contributed by atoms with E-state index in [1.807, 2.05) is 0 Å². The molecule has 8 heteroatoms. The number of rotatable bonds is 5. The summed E-state index contributed by atoms with van der Waals surface area (Å²) in [5.74, 6) is 0.638. The van der Waals surface area contributed by atoms with E-state index in [9.17, 15) is 8.42 Å². The van der Waals surface area contributed by atoms with Gasteiger partial charge in [-0.25, -0.2) is 18.1 Å². The Hall–Kier alpha value is -1.80. The van der Waals surface area contributed by atoms with Crippen LogP contribution in [0.3, 0.4) is 0 Å². The normalized spacial score (nSPS) is 11.5. The summed E-state index contributed by atoms with van der Waals surface area (Å²) in [7, 11) is -3.49. The number of H-pyrrole nitrogens is 1. The van der Waals surface area contributed by atoms with Gasteiger partial charge < -0.3 is 0 Å². The topological polar surface area (TPSA) is 101 Å². The second-order valence-corrected chi connectivity index (χ2v) is 5.04. The molecule has 7 nitrogen and oxygen atoms in total. The molecule has 0 aliphatic rings. The highest BCUT2D eigenvalue weighted by Gasteiger charge is 2.12. The summed E-state index contributed by atoms with van der Waals surface area (Å²) in [4.78, 5) is 7.81. The van der Waals surface area contributed by atoms with Crippen LogP contribution < -0.4 is 4.72 Å². The fourth-order valence-corrected chi connectivity index (χ4v) is 2.24. The standard InChI is InChI=1S/C9H11N5O2S/c15-17(16,8-2-1-4-10-6-8)13-5-3-9-11-7-12-14-9/h1-2,4,6-7,13H,3,5H2,(H,11,12,14). The van der Waals surface area contributed by atoms with Crippen LogP contribution >= 0.6 is 0 Å². The molecule has 2 heterocycles. The maximum atomic E-state index is 11.8. The maximum absolute atomic E-state index is 11.8. The Morgan fingerprint density at radius 1 is 1.41 bits per heavy atom. The molecular formula is C9H11N5O2S. The summed E-state index contributed by atoms with van der Waals surface area (Å²) < 4.78 is 26.0. The Balaban J connectivity index is 1.95. The molecule has 2 aromatic heterocycles. The third-order valence-corrected chi connectivity index (χ3v) is 3.51. The van der Waals surface area contributed by atoms with Gasteiger partial charge in [0.05, 0.1) is 0 Å². The second-order valence-electron chi connectivity index (χ2n) is 3.27. The van der Waals surface area contributed by atoms with Gasteiger partial charge in [-0.3, -0.25) is 10.1 Å². The minimum Gasteiger partial charge on any atom is -0.263 e. The summed E-state index contributed by atoms with van der Waals surface area (Å²) in [6.07, 6.45) is 4.66. The number of aromatic nitrogens is 4. The van der Waals surface area contributed by atoms with Crippen molar-refractivity contribution in [2.45, 2.75) is 11.3 Å². The van der Waals surface area contributed by atoms with Crippen molar-refractivity contribution >= 4 is 10.0 Å². The molecule has 90 valence electrons. The van der Waals surface area contributed by atoms with Crippen LogP contribution in [0, 0.1) is 0 Å². The zero-order valence-electron chi connectivity index (χ0n) is 8.87. The molecule has 17 heavy (non-hydrogen) atoms. The summed E-state index contributed by atoms with van der Waals surface area (Å²) >= 11 is 0. The third kappa shape index (κ3) is 3.08. The average Bonchev–Trinajstić information content (AvgIpc) is 2.83. The number of hydrogen-bond acceptors (Lipinski definition) is 5. The quantitative estimate of drug-likeness (QED) is 0.763. The van der Waals surface area contributed by atoms with Gasteiger partial charge in [0.15, 0.2) is 0 Å². The van der Waals surface area contributed by atoms with E-state index >= 15 is 0 Å². The van der Waals surface area contributed by atoms with Gasteiger partial charge in [0.1, 0.15) is 17.0 Å². The van der Waals surface area contributed by atoms with E-state index < -0.39 is 10.0 Å². The van der Waals surface area contributed by atoms with E-state index in [-0.39, 0.29) is 11.4 Å². The van der Waals surface area contributed by atoms with Gasteiger partial charge in [0, 0.05) is 25.4 Å². The lowest BCUT2D eigenvalue weighted by Gasteiger charge is -2.04. The highest BCUT2D eigenvalue weighted by Crippen LogP contribution is 2.04. The molecule has 0 aliphatic carbocycles. The SMILES string of the molecule is O=S(=O)(NCCc1ncn[nH]1)c1cccnc1. The molecule has 0 aromatic carbocycles. The van der Waals surface area contributed by atoms with Crippen LogP contribution in [0.15, 0.2) is 35.7 Å². The first kappa shape index (κ1) is 11.7. The third-order valence-electron chi connectivity index (χ3n) is 2.06. The molecular weight excluding hydrogens is 242 g/mol. The van der Waals surface area contributed by atoms with Gasteiger partial charge in [0.25, 0.3) is 0 Å². The van der Waals surface area contributed by atoms with Crippen LogP contribution in [-0.4, -0.2) is 35.1 Å². The number of nitrogens with zero attached hydrogens (tertiary/aromatic N) is 3. The molecule has 2 N–H and O–H groups in total. The molecule has 0 saturated carbocycles. The van der Waals surface area contributed by atoms with Crippen molar-refractivity contribution in [1.82, 2.24) is 24.9 Å². The minimum absolute atomic E-state index is 0.151. The average molecular weight is 253 g/mol. The van der Waals surface area contributed by atoms with Gasteiger partial charge in [-0.2, -0.15) is 5.10 Å². The molecule has 0 atom stereocenters. The molecule has 0 spiro atoms. The Labute approximate surface area is 98.4 Å². The first-order valence-electron chi connectivity index (χ1n) is 4.92. The van der Waals surface area contributed by atoms with E-state index in [1.165, 1.54) is 24.8 Å². The zero-order valence-corrected chi connectivity index (χ0v) is 9.68. The minimum atomic E-state index is -3.49. The maximum Gasteiger partial charge on any atom is 0.242 e. The smallest absolute Gasteiger partial charge is 0.242 e. The Bertz CT molecular complexity index is 552. The van der Waals surface area contributed by atoms with E-state index in [2.05, 4.69) is 24.9 Å². The summed E-state index contributed by atoms with van der Waals surface area (Å²) in [5, 5.41) is 6.33. The Morgan fingerprint density at radius 3 is 2.94 bits per heavy atom. The second kappa shape index (κ2) is 5.02. The number of hydrogen-bond donors (Lipinski definition) is 2. The molecule has 0 saturated heterocycles. The predicted octanol–water partition coefficient (Wildman–Crippen LogP) is -0.279. The Morgan fingerprint density at radius 2 is 2.29 bits per heavy atom. The fraction of sp³-hybridized carbons (Fsp3) is 0.222. The van der Waals surface area contributed by atoms with Crippen molar-refractivity contribution in [2.24, 2.45) is 0 Å². The molecule has 2 rings (SSSR count). The molecule has 0 fully saturated rings. The van der Waals surface area contributed by atoms with E-state index in [0.717, 1.165) is 0 Å². The van der Waals surface area contributed by atoms with Gasteiger partial charge in [-0.05, 0) is 12.1 Å². The van der Waals surface area contributed by atoms with Crippen molar-refractivity contribution < 1.29 is 8.42 Å². The fourth-order valence-electron chi connectivity index (χ4n) is 1.24. The van der Waals surface area contributed by atoms with Crippen molar-refractivity contribution in [3.63, 3.8) is 0 Å². The van der Waals surface area contributed by atoms with Crippen LogP contribution in [0.25, 0.3) is 0 Å². The molecule has 0 radical (unpaired) electrons. The van der Waals surface area contributed by atoms with Crippen molar-refractivity contribution in [3.05, 3.63) is 36.7 Å².